The predicted octanol–water partition coefficient (Wildman–Crippen LogP) is 4.31. The second-order valence-corrected chi connectivity index (χ2v) is 6.57. The summed E-state index contributed by atoms with van der Waals surface area (Å²) in [4.78, 5) is 23.3. The van der Waals surface area contributed by atoms with E-state index in [2.05, 4.69) is 11.8 Å². The highest BCUT2D eigenvalue weighted by Gasteiger charge is 2.27. The maximum absolute atomic E-state index is 12.1. The van der Waals surface area contributed by atoms with Crippen molar-refractivity contribution in [3.63, 3.8) is 0 Å². The van der Waals surface area contributed by atoms with E-state index in [1.165, 1.54) is 0 Å². The van der Waals surface area contributed by atoms with Crippen LogP contribution in [0.1, 0.15) is 52.4 Å². The first kappa shape index (κ1) is 23.7. The molecule has 1 aliphatic carbocycles. The van der Waals surface area contributed by atoms with Crippen molar-refractivity contribution in [3.8, 4) is 11.8 Å². The maximum Gasteiger partial charge on any atom is 0.306 e. The fraction of sp³-hybridized carbons (Fsp3) is 0.500. The first-order valence-electron chi connectivity index (χ1n) is 10.1. The minimum atomic E-state index is -0.598. The molecule has 0 unspecified atom stereocenters. The van der Waals surface area contributed by atoms with Gasteiger partial charge in [0.1, 0.15) is 0 Å². The lowest BCUT2D eigenvalue weighted by Gasteiger charge is -2.13. The van der Waals surface area contributed by atoms with Gasteiger partial charge in [-0.25, -0.2) is 0 Å². The highest BCUT2D eigenvalue weighted by molar-refractivity contribution is 5.95. The van der Waals surface area contributed by atoms with Crippen molar-refractivity contribution < 1.29 is 19.4 Å². The second-order valence-electron chi connectivity index (χ2n) is 6.57. The van der Waals surface area contributed by atoms with E-state index >= 15 is 0 Å². The molecule has 0 amide bonds. The van der Waals surface area contributed by atoms with Crippen LogP contribution in [0.4, 0.5) is 0 Å². The van der Waals surface area contributed by atoms with Crippen LogP contribution in [0.3, 0.4) is 0 Å². The van der Waals surface area contributed by atoms with Crippen molar-refractivity contribution in [3.05, 3.63) is 48.6 Å². The zero-order chi connectivity index (χ0) is 20.6. The first-order chi connectivity index (χ1) is 13.6. The second kappa shape index (κ2) is 14.6. The monoisotopic (exact) mass is 384 g/mol. The molecular weight excluding hydrogens is 352 g/mol. The van der Waals surface area contributed by atoms with E-state index < -0.39 is 6.10 Å². The smallest absolute Gasteiger partial charge is 0.306 e. The molecule has 152 valence electrons. The molecule has 1 rings (SSSR count). The summed E-state index contributed by atoms with van der Waals surface area (Å²) in [5, 5.41) is 9.92. The molecule has 1 N–H and O–H groups in total. The molecule has 0 fully saturated rings. The van der Waals surface area contributed by atoms with E-state index in [9.17, 15) is 14.7 Å². The van der Waals surface area contributed by atoms with E-state index in [0.29, 0.717) is 32.3 Å². The van der Waals surface area contributed by atoms with Crippen LogP contribution >= 0.6 is 0 Å². The summed E-state index contributed by atoms with van der Waals surface area (Å²) in [5.74, 6) is 5.74. The summed E-state index contributed by atoms with van der Waals surface area (Å²) in [6.07, 6.45) is 18.3. The molecule has 28 heavy (non-hydrogen) atoms. The molecule has 0 saturated heterocycles. The number of hydrogen-bond acceptors (Lipinski definition) is 4. The number of carbonyl (C=O) groups excluding carboxylic acids is 2. The van der Waals surface area contributed by atoms with Crippen LogP contribution < -0.4 is 0 Å². The predicted molar refractivity (Wildman–Crippen MR) is 112 cm³/mol. The van der Waals surface area contributed by atoms with Crippen LogP contribution in [-0.2, 0) is 14.3 Å². The summed E-state index contributed by atoms with van der Waals surface area (Å²) in [5.41, 5.74) is 0. The summed E-state index contributed by atoms with van der Waals surface area (Å²) in [6, 6.07) is 0. The fourth-order valence-corrected chi connectivity index (χ4v) is 2.82. The Balaban J connectivity index is 2.35. The Bertz CT molecular complexity index is 658. The molecule has 0 aliphatic heterocycles. The molecule has 3 atom stereocenters. The quantitative estimate of drug-likeness (QED) is 0.327. The Kier molecular flexibility index (Phi) is 12.4. The van der Waals surface area contributed by atoms with Crippen molar-refractivity contribution in [2.45, 2.75) is 58.5 Å². The van der Waals surface area contributed by atoms with Gasteiger partial charge in [-0.3, -0.25) is 9.59 Å². The Hall–Kier alpha value is -2.38. The first-order valence-corrected chi connectivity index (χ1v) is 10.1. The molecular formula is C24H32O4. The van der Waals surface area contributed by atoms with Gasteiger partial charge in [0.25, 0.3) is 0 Å². The molecule has 0 heterocycles. The molecule has 0 aromatic carbocycles. The number of hydrogen-bond donors (Lipinski definition) is 1. The standard InChI is InChI=1S/C24H32O4/c1-3-5-10-13-21(25)18-16-20-17-19-23(26)22(20)14-11-8-6-7-9-12-15-24(27)28-4-2/h7-9,11,16-22,25H,3-4,6,12-15H2,1-2H3/b9-7-,11-8-,18-16+/t20-,21-,22-/m0/s1. The lowest BCUT2D eigenvalue weighted by Crippen LogP contribution is -2.14. The molecule has 4 heteroatoms. The number of ketones is 1. The SMILES string of the molecule is CCC#CC[C@H](O)/C=C/[C@H]1C=CC(=O)[C@H]1C/C=C\C/C=C\CCC(=O)OCC. The van der Waals surface area contributed by atoms with Crippen LogP contribution in [0.5, 0.6) is 0 Å². The van der Waals surface area contributed by atoms with E-state index in [1.54, 1.807) is 19.1 Å². The Labute approximate surface area is 169 Å². The van der Waals surface area contributed by atoms with Gasteiger partial charge in [-0.05, 0) is 32.3 Å². The van der Waals surface area contributed by atoms with Crippen LogP contribution in [0.15, 0.2) is 48.6 Å². The van der Waals surface area contributed by atoms with Crippen LogP contribution in [-0.4, -0.2) is 29.6 Å². The minimum absolute atomic E-state index is 0.0195. The van der Waals surface area contributed by atoms with Crippen molar-refractivity contribution in [2.24, 2.45) is 11.8 Å². The van der Waals surface area contributed by atoms with Gasteiger partial charge in [-0.2, -0.15) is 0 Å². The van der Waals surface area contributed by atoms with Crippen molar-refractivity contribution in [1.82, 2.24) is 0 Å². The van der Waals surface area contributed by atoms with Crippen molar-refractivity contribution >= 4 is 11.8 Å². The molecule has 4 nitrogen and oxygen atoms in total. The molecule has 0 radical (unpaired) electrons. The third-order valence-electron chi connectivity index (χ3n) is 4.30. The average Bonchev–Trinajstić information content (AvgIpc) is 3.02. The number of carbonyl (C=O) groups is 2. The highest BCUT2D eigenvalue weighted by atomic mass is 16.5. The third-order valence-corrected chi connectivity index (χ3v) is 4.30. The highest BCUT2D eigenvalue weighted by Crippen LogP contribution is 2.27. The topological polar surface area (TPSA) is 63.6 Å². The number of aliphatic hydroxyl groups excluding tert-OH is 1. The fourth-order valence-electron chi connectivity index (χ4n) is 2.82. The van der Waals surface area contributed by atoms with E-state index in [4.69, 9.17) is 4.74 Å². The summed E-state index contributed by atoms with van der Waals surface area (Å²) < 4.78 is 4.87. The zero-order valence-electron chi connectivity index (χ0n) is 17.0. The Morgan fingerprint density at radius 3 is 2.79 bits per heavy atom. The maximum atomic E-state index is 12.1. The van der Waals surface area contributed by atoms with Gasteiger partial charge >= 0.3 is 5.97 Å². The number of allylic oxidation sites excluding steroid dienone is 7. The average molecular weight is 385 g/mol. The van der Waals surface area contributed by atoms with Gasteiger partial charge < -0.3 is 9.84 Å². The normalized spacial score (nSPS) is 20.2. The van der Waals surface area contributed by atoms with Crippen LogP contribution in [0, 0.1) is 23.7 Å². The molecule has 0 aromatic rings. The van der Waals surface area contributed by atoms with Gasteiger partial charge in [-0.1, -0.05) is 49.5 Å². The Morgan fingerprint density at radius 1 is 1.25 bits per heavy atom. The van der Waals surface area contributed by atoms with Crippen LogP contribution in [0.25, 0.3) is 0 Å². The number of ether oxygens (including phenoxy) is 1. The number of aliphatic hydroxyl groups is 1. The van der Waals surface area contributed by atoms with Gasteiger partial charge in [0, 0.05) is 31.1 Å². The number of rotatable bonds is 11. The molecule has 1 aliphatic rings. The molecule has 0 spiro atoms. The van der Waals surface area contributed by atoms with Crippen LogP contribution in [0.2, 0.25) is 0 Å². The third kappa shape index (κ3) is 10.1. The molecule has 0 aromatic heterocycles. The number of esters is 1. The molecule has 0 bridgehead atoms. The zero-order valence-corrected chi connectivity index (χ0v) is 17.0. The lowest BCUT2D eigenvalue weighted by molar-refractivity contribution is -0.143. The largest absolute Gasteiger partial charge is 0.466 e. The summed E-state index contributed by atoms with van der Waals surface area (Å²) >= 11 is 0. The summed E-state index contributed by atoms with van der Waals surface area (Å²) in [7, 11) is 0. The Morgan fingerprint density at radius 2 is 2.04 bits per heavy atom. The lowest BCUT2D eigenvalue weighted by atomic mass is 9.90. The van der Waals surface area contributed by atoms with Gasteiger partial charge in [0.2, 0.25) is 0 Å². The minimum Gasteiger partial charge on any atom is -0.466 e. The van der Waals surface area contributed by atoms with E-state index in [-0.39, 0.29) is 23.6 Å². The summed E-state index contributed by atoms with van der Waals surface area (Å²) in [6.45, 7) is 4.19. The van der Waals surface area contributed by atoms with Crippen molar-refractivity contribution in [1.29, 1.82) is 0 Å². The van der Waals surface area contributed by atoms with Gasteiger partial charge in [-0.15, -0.1) is 11.8 Å². The van der Waals surface area contributed by atoms with Crippen molar-refractivity contribution in [2.75, 3.05) is 6.61 Å². The van der Waals surface area contributed by atoms with Gasteiger partial charge in [0.05, 0.1) is 12.7 Å². The molecule has 0 saturated carbocycles. The van der Waals surface area contributed by atoms with E-state index in [0.717, 1.165) is 12.8 Å². The van der Waals surface area contributed by atoms with E-state index in [1.807, 2.05) is 43.4 Å². The van der Waals surface area contributed by atoms with Gasteiger partial charge in [0.15, 0.2) is 5.78 Å².